The van der Waals surface area contributed by atoms with Crippen molar-refractivity contribution in [3.63, 3.8) is 0 Å². The summed E-state index contributed by atoms with van der Waals surface area (Å²) in [6.45, 7) is -0.129. The third kappa shape index (κ3) is 13.0. The minimum atomic E-state index is -1.97. The van der Waals surface area contributed by atoms with Crippen molar-refractivity contribution >= 4 is 23.6 Å². The number of amides is 4. The maximum atomic E-state index is 12.6. The number of likely N-dealkylation sites (N-methyl/N-ethyl adjacent to an activating group) is 1. The largest absolute Gasteiger partial charge is 0.394 e. The fraction of sp³-hybridized carbons (Fsp3) is 0.897. The van der Waals surface area contributed by atoms with Crippen LogP contribution in [-0.4, -0.2) is 278 Å². The summed E-state index contributed by atoms with van der Waals surface area (Å²) in [6, 6.07) is -7.58. The van der Waals surface area contributed by atoms with Crippen LogP contribution >= 0.6 is 0 Å². The number of aliphatic hydroxyl groups excluding tert-OH is 12. The Hall–Kier alpha value is -3.00. The van der Waals surface area contributed by atoms with E-state index in [0.29, 0.717) is 0 Å². The zero-order chi connectivity index (χ0) is 51.2. The van der Waals surface area contributed by atoms with Gasteiger partial charge in [-0.15, -0.1) is 0 Å². The highest BCUT2D eigenvalue weighted by Gasteiger charge is 2.57. The van der Waals surface area contributed by atoms with Gasteiger partial charge in [0.2, 0.25) is 23.6 Å². The Morgan fingerprint density at radius 1 is 0.377 bits per heavy atom. The number of carbonyl (C=O) groups excluding carboxylic acids is 4. The molecule has 5 aliphatic rings. The molecule has 0 aliphatic carbocycles. The fourth-order valence-electron chi connectivity index (χ4n) is 8.98. The van der Waals surface area contributed by atoms with Gasteiger partial charge in [0.1, 0.15) is 116 Å². The zero-order valence-electron chi connectivity index (χ0n) is 38.1. The number of nitrogens with one attached hydrogen (secondary N) is 5. The number of aliphatic hydroxyl groups is 12. The highest BCUT2D eigenvalue weighted by molar-refractivity contribution is 5.74. The molecule has 30 heteroatoms. The highest BCUT2D eigenvalue weighted by atomic mass is 16.8. The van der Waals surface area contributed by atoms with Gasteiger partial charge in [0.25, 0.3) is 0 Å². The maximum Gasteiger partial charge on any atom is 0.217 e. The van der Waals surface area contributed by atoms with Crippen LogP contribution in [-0.2, 0) is 61.8 Å². The third-order valence-corrected chi connectivity index (χ3v) is 12.3. The number of hydrogen-bond donors (Lipinski definition) is 17. The minimum Gasteiger partial charge on any atom is -0.394 e. The molecule has 1 unspecified atom stereocenters. The average molecular weight is 1010 g/mol. The Morgan fingerprint density at radius 2 is 0.638 bits per heavy atom. The standard InChI is InChI=1S/C39H67N5O25/c1-11(50)41-20-27(56)31(16(7-46)61-35(20)60)67-37-23(43-13(3)52)29(58)33(18(9-48)64-37)69-39-24(44-14(4)53)30(59)34(19(10-49)65-39)68-38-22(42-12(2)51)28(57)32(17(8-47)63-38)66-36-21(40-5)26(55)25(54)15(6-45)62-36/h15-40,45-49,54-60H,6-10H2,1-5H3,(H,41,50)(H,42,51)(H,43,52)(H,44,53)/t15-,16-,17-,18-,19-,20+,21-,22-,23-,24-,25-,26-,27-,28-,29-,30-,31-,32-,33-,34-,35?,36+,37+,38+,39+/m1/s1. The molecular formula is C39H67N5O25. The van der Waals surface area contributed by atoms with Crippen LogP contribution in [0.3, 0.4) is 0 Å². The molecule has 17 N–H and O–H groups in total. The minimum absolute atomic E-state index is 0.680. The Morgan fingerprint density at radius 3 is 0.928 bits per heavy atom. The molecule has 5 fully saturated rings. The summed E-state index contributed by atoms with van der Waals surface area (Å²) in [5.41, 5.74) is 0. The van der Waals surface area contributed by atoms with Crippen LogP contribution in [0, 0.1) is 0 Å². The number of carbonyl (C=O) groups is 4. The van der Waals surface area contributed by atoms with Gasteiger partial charge in [-0.05, 0) is 7.05 Å². The van der Waals surface area contributed by atoms with E-state index in [4.69, 9.17) is 42.6 Å². The number of ether oxygens (including phenoxy) is 9. The number of hydrogen-bond acceptors (Lipinski definition) is 26. The lowest BCUT2D eigenvalue weighted by Crippen LogP contribution is -2.72. The van der Waals surface area contributed by atoms with Crippen LogP contribution in [0.1, 0.15) is 27.7 Å². The van der Waals surface area contributed by atoms with Gasteiger partial charge < -0.3 is 130 Å². The first-order valence-corrected chi connectivity index (χ1v) is 22.1. The van der Waals surface area contributed by atoms with E-state index in [9.17, 15) is 80.5 Å². The summed E-state index contributed by atoms with van der Waals surface area (Å²) in [7, 11) is 1.40. The van der Waals surface area contributed by atoms with Crippen molar-refractivity contribution in [1.29, 1.82) is 0 Å². The van der Waals surface area contributed by atoms with E-state index in [2.05, 4.69) is 26.6 Å². The van der Waals surface area contributed by atoms with Gasteiger partial charge in [-0.2, -0.15) is 0 Å². The Balaban J connectivity index is 1.39. The third-order valence-electron chi connectivity index (χ3n) is 12.3. The molecule has 69 heavy (non-hydrogen) atoms. The maximum absolute atomic E-state index is 12.6. The Kier molecular flexibility index (Phi) is 20.7. The van der Waals surface area contributed by atoms with E-state index >= 15 is 0 Å². The lowest BCUT2D eigenvalue weighted by atomic mass is 9.93. The molecule has 5 rings (SSSR count). The van der Waals surface area contributed by atoms with E-state index in [-0.39, 0.29) is 0 Å². The molecule has 0 spiro atoms. The molecule has 0 aromatic rings. The normalized spacial score (nSPS) is 45.0. The van der Waals surface area contributed by atoms with Crippen molar-refractivity contribution in [2.75, 3.05) is 40.1 Å². The van der Waals surface area contributed by atoms with E-state index in [1.807, 2.05) is 0 Å². The number of rotatable bonds is 18. The summed E-state index contributed by atoms with van der Waals surface area (Å²) in [5.74, 6) is -2.98. The smallest absolute Gasteiger partial charge is 0.217 e. The second-order valence-corrected chi connectivity index (χ2v) is 17.2. The predicted octanol–water partition coefficient (Wildman–Crippen LogP) is -11.1. The van der Waals surface area contributed by atoms with Gasteiger partial charge in [-0.25, -0.2) is 0 Å². The second kappa shape index (κ2) is 25.1. The van der Waals surface area contributed by atoms with Gasteiger partial charge in [0, 0.05) is 27.7 Å². The van der Waals surface area contributed by atoms with Gasteiger partial charge in [-0.1, -0.05) is 0 Å². The van der Waals surface area contributed by atoms with Crippen LogP contribution in [0.2, 0.25) is 0 Å². The van der Waals surface area contributed by atoms with E-state index in [0.717, 1.165) is 27.7 Å². The molecule has 5 saturated heterocycles. The molecule has 0 bridgehead atoms. The Bertz CT molecular complexity index is 1700. The van der Waals surface area contributed by atoms with Gasteiger partial charge >= 0.3 is 0 Å². The SMILES string of the molecule is CN[C@H]1[C@H](O[C@H]2[C@H](O)[C@@H](NC(C)=O)[C@H](O[C@H]3[C@H](O)[C@@H](NC(C)=O)[C@H](O[C@H]4[C@H](O)[C@@H](NC(C)=O)[C@H](O[C@H]5[C@H](O)[C@H](NC(C)=O)C(O)O[C@@H]5CO)O[C@@H]4CO)O[C@@H]3CO)O[C@@H]2CO)O[C@H](CO)[C@@H](O)[C@@H]1O. The van der Waals surface area contributed by atoms with Crippen molar-refractivity contribution in [3.05, 3.63) is 0 Å². The predicted molar refractivity (Wildman–Crippen MR) is 220 cm³/mol. The fourth-order valence-corrected chi connectivity index (χ4v) is 8.98. The van der Waals surface area contributed by atoms with Crippen molar-refractivity contribution in [1.82, 2.24) is 26.6 Å². The summed E-state index contributed by atoms with van der Waals surface area (Å²) in [5, 5.41) is 142. The van der Waals surface area contributed by atoms with Crippen molar-refractivity contribution in [3.8, 4) is 0 Å². The van der Waals surface area contributed by atoms with Gasteiger partial charge in [0.05, 0.1) is 39.1 Å². The first kappa shape index (κ1) is 56.9. The van der Waals surface area contributed by atoms with E-state index in [1.54, 1.807) is 0 Å². The lowest BCUT2D eigenvalue weighted by Gasteiger charge is -2.51. The lowest BCUT2D eigenvalue weighted by molar-refractivity contribution is -0.367. The summed E-state index contributed by atoms with van der Waals surface area (Å²) in [4.78, 5) is 49.5. The molecule has 25 atom stereocenters. The Labute approximate surface area is 394 Å². The quantitative estimate of drug-likeness (QED) is 0.0606. The monoisotopic (exact) mass is 1010 g/mol. The summed E-state index contributed by atoms with van der Waals surface area (Å²) < 4.78 is 53.1. The molecular weight excluding hydrogens is 938 g/mol. The van der Waals surface area contributed by atoms with Gasteiger partial charge in [0.15, 0.2) is 31.5 Å². The zero-order valence-corrected chi connectivity index (χ0v) is 38.1. The average Bonchev–Trinajstić information content (AvgIpc) is 3.29. The first-order valence-electron chi connectivity index (χ1n) is 22.1. The van der Waals surface area contributed by atoms with Crippen molar-refractivity contribution in [2.45, 2.75) is 181 Å². The molecule has 0 aromatic carbocycles. The highest BCUT2D eigenvalue weighted by Crippen LogP contribution is 2.36. The second-order valence-electron chi connectivity index (χ2n) is 17.2. The molecule has 0 radical (unpaired) electrons. The van der Waals surface area contributed by atoms with Crippen LogP contribution in [0.25, 0.3) is 0 Å². The molecule has 0 aromatic heterocycles. The van der Waals surface area contributed by atoms with Crippen LogP contribution in [0.5, 0.6) is 0 Å². The van der Waals surface area contributed by atoms with Crippen LogP contribution in [0.15, 0.2) is 0 Å². The van der Waals surface area contributed by atoms with Gasteiger partial charge in [-0.3, -0.25) is 19.2 Å². The van der Waals surface area contributed by atoms with E-state index < -0.39 is 210 Å². The molecule has 5 heterocycles. The molecule has 0 saturated carbocycles. The molecule has 5 aliphatic heterocycles. The summed E-state index contributed by atoms with van der Waals surface area (Å²) in [6.07, 6.45) is -33.7. The topological polar surface area (TPSA) is 454 Å². The van der Waals surface area contributed by atoms with E-state index in [1.165, 1.54) is 7.05 Å². The molecule has 30 nitrogen and oxygen atoms in total. The molecule has 4 amide bonds. The van der Waals surface area contributed by atoms with Crippen LogP contribution in [0.4, 0.5) is 0 Å². The van der Waals surface area contributed by atoms with Crippen LogP contribution < -0.4 is 26.6 Å². The first-order chi connectivity index (χ1) is 32.6. The van der Waals surface area contributed by atoms with Crippen molar-refractivity contribution in [2.24, 2.45) is 0 Å². The molecule has 398 valence electrons. The summed E-state index contributed by atoms with van der Waals surface area (Å²) >= 11 is 0. The van der Waals surface area contributed by atoms with Crippen molar-refractivity contribution < 1.29 is 123 Å².